The number of nitrogens with zero attached hydrogens (tertiary/aromatic N) is 1. The van der Waals surface area contributed by atoms with Crippen molar-refractivity contribution < 1.29 is 9.21 Å². The first-order chi connectivity index (χ1) is 11.8. The van der Waals surface area contributed by atoms with E-state index in [1.165, 1.54) is 0 Å². The first-order valence-electron chi connectivity index (χ1n) is 7.81. The zero-order chi connectivity index (χ0) is 16.6. The van der Waals surface area contributed by atoms with Gasteiger partial charge in [0.05, 0.1) is 12.0 Å². The van der Waals surface area contributed by atoms with E-state index in [2.05, 4.69) is 10.3 Å². The summed E-state index contributed by atoms with van der Waals surface area (Å²) < 4.78 is 5.23. The molecule has 0 aliphatic carbocycles. The second-order valence-corrected chi connectivity index (χ2v) is 5.34. The van der Waals surface area contributed by atoms with E-state index in [0.717, 1.165) is 22.7 Å². The van der Waals surface area contributed by atoms with Crippen LogP contribution >= 0.6 is 0 Å². The number of amides is 1. The lowest BCUT2D eigenvalue weighted by atomic mass is 10.1. The molecular formula is C20H18N2O2. The fraction of sp³-hybridized carbons (Fsp3) is 0.100. The number of hydrogen-bond donors (Lipinski definition) is 1. The Morgan fingerprint density at radius 1 is 1.08 bits per heavy atom. The first-order valence-corrected chi connectivity index (χ1v) is 7.81. The van der Waals surface area contributed by atoms with Gasteiger partial charge >= 0.3 is 0 Å². The third kappa shape index (κ3) is 4.68. The van der Waals surface area contributed by atoms with E-state index in [1.807, 2.05) is 66.7 Å². The number of aryl methyl sites for hydroxylation is 1. The van der Waals surface area contributed by atoms with Crippen molar-refractivity contribution >= 4 is 23.7 Å². The predicted octanol–water partition coefficient (Wildman–Crippen LogP) is 4.42. The van der Waals surface area contributed by atoms with Gasteiger partial charge in [0.1, 0.15) is 5.76 Å². The fourth-order valence-electron chi connectivity index (χ4n) is 2.29. The summed E-state index contributed by atoms with van der Waals surface area (Å²) >= 11 is 0. The summed E-state index contributed by atoms with van der Waals surface area (Å²) in [5.41, 5.74) is 2.68. The van der Waals surface area contributed by atoms with Gasteiger partial charge in [-0.2, -0.15) is 0 Å². The van der Waals surface area contributed by atoms with Crippen molar-refractivity contribution in [2.24, 2.45) is 0 Å². The molecule has 120 valence electrons. The number of aromatic nitrogens is 1. The summed E-state index contributed by atoms with van der Waals surface area (Å²) in [5, 5.41) is 2.91. The lowest BCUT2D eigenvalue weighted by Crippen LogP contribution is -2.12. The summed E-state index contributed by atoms with van der Waals surface area (Å²) in [4.78, 5) is 16.3. The van der Waals surface area contributed by atoms with Crippen molar-refractivity contribution in [2.45, 2.75) is 12.8 Å². The minimum absolute atomic E-state index is 0.0303. The number of hydrogen-bond acceptors (Lipinski definition) is 3. The van der Waals surface area contributed by atoms with Crippen molar-refractivity contribution in [3.8, 4) is 0 Å². The van der Waals surface area contributed by atoms with Crippen molar-refractivity contribution in [2.75, 3.05) is 5.32 Å². The Balaban J connectivity index is 1.58. The van der Waals surface area contributed by atoms with Gasteiger partial charge in [0, 0.05) is 24.7 Å². The van der Waals surface area contributed by atoms with Gasteiger partial charge in [-0.3, -0.25) is 9.78 Å². The minimum Gasteiger partial charge on any atom is -0.469 e. The molecule has 1 amide bonds. The Hall–Kier alpha value is -3.14. The van der Waals surface area contributed by atoms with E-state index in [1.54, 1.807) is 12.5 Å². The van der Waals surface area contributed by atoms with Crippen molar-refractivity contribution in [1.82, 2.24) is 4.98 Å². The molecule has 3 aromatic rings. The molecule has 0 fully saturated rings. The average molecular weight is 318 g/mol. The van der Waals surface area contributed by atoms with Gasteiger partial charge in [0.15, 0.2) is 0 Å². The molecule has 0 aliphatic rings. The number of benzene rings is 1. The molecule has 0 aliphatic heterocycles. The van der Waals surface area contributed by atoms with Crippen LogP contribution < -0.4 is 5.32 Å². The number of rotatable bonds is 6. The van der Waals surface area contributed by atoms with Gasteiger partial charge in [-0.25, -0.2) is 0 Å². The van der Waals surface area contributed by atoms with Crippen LogP contribution in [0.2, 0.25) is 0 Å². The Labute approximate surface area is 140 Å². The SMILES string of the molecule is O=C(CCc1ccco1)Nc1cccc(/C=C/c2ccccn2)c1. The molecular weight excluding hydrogens is 300 g/mol. The highest BCUT2D eigenvalue weighted by molar-refractivity contribution is 5.91. The number of carbonyl (C=O) groups is 1. The molecule has 0 bridgehead atoms. The van der Waals surface area contributed by atoms with Crippen LogP contribution in [0.15, 0.2) is 71.5 Å². The Morgan fingerprint density at radius 3 is 2.83 bits per heavy atom. The third-order valence-electron chi connectivity index (χ3n) is 3.48. The predicted molar refractivity (Wildman–Crippen MR) is 95.3 cm³/mol. The highest BCUT2D eigenvalue weighted by Gasteiger charge is 2.04. The second kappa shape index (κ2) is 7.92. The molecule has 0 saturated carbocycles. The summed E-state index contributed by atoms with van der Waals surface area (Å²) in [6.45, 7) is 0. The van der Waals surface area contributed by atoms with Crippen LogP contribution in [0.5, 0.6) is 0 Å². The van der Waals surface area contributed by atoms with Crippen LogP contribution in [-0.2, 0) is 11.2 Å². The fourth-order valence-corrected chi connectivity index (χ4v) is 2.29. The molecule has 1 aromatic carbocycles. The Morgan fingerprint density at radius 2 is 2.04 bits per heavy atom. The zero-order valence-electron chi connectivity index (χ0n) is 13.2. The van der Waals surface area contributed by atoms with Gasteiger partial charge in [0.25, 0.3) is 0 Å². The first kappa shape index (κ1) is 15.7. The summed E-state index contributed by atoms with van der Waals surface area (Å²) in [5.74, 6) is 0.787. The Bertz CT molecular complexity index is 809. The molecule has 2 aromatic heterocycles. The zero-order valence-corrected chi connectivity index (χ0v) is 13.2. The summed E-state index contributed by atoms with van der Waals surface area (Å²) in [7, 11) is 0. The van der Waals surface area contributed by atoms with Crippen LogP contribution in [0.1, 0.15) is 23.4 Å². The summed E-state index contributed by atoms with van der Waals surface area (Å²) in [6, 6.07) is 17.2. The maximum atomic E-state index is 12.0. The number of nitrogens with one attached hydrogen (secondary N) is 1. The molecule has 0 radical (unpaired) electrons. The number of pyridine rings is 1. The minimum atomic E-state index is -0.0303. The Kier molecular flexibility index (Phi) is 5.20. The van der Waals surface area contributed by atoms with E-state index >= 15 is 0 Å². The van der Waals surface area contributed by atoms with E-state index in [0.29, 0.717) is 12.8 Å². The summed E-state index contributed by atoms with van der Waals surface area (Å²) in [6.07, 6.45) is 8.28. The standard InChI is InChI=1S/C20H18N2O2/c23-20(12-11-19-8-4-14-24-19)22-18-7-3-5-16(15-18)9-10-17-6-1-2-13-21-17/h1-10,13-15H,11-12H2,(H,22,23)/b10-9+. The van der Waals surface area contributed by atoms with Gasteiger partial charge in [-0.15, -0.1) is 0 Å². The quantitative estimate of drug-likeness (QED) is 0.732. The monoisotopic (exact) mass is 318 g/mol. The smallest absolute Gasteiger partial charge is 0.224 e. The van der Waals surface area contributed by atoms with E-state index in [-0.39, 0.29) is 5.91 Å². The van der Waals surface area contributed by atoms with Crippen LogP contribution in [0.25, 0.3) is 12.2 Å². The van der Waals surface area contributed by atoms with Crippen LogP contribution in [0.4, 0.5) is 5.69 Å². The van der Waals surface area contributed by atoms with Crippen LogP contribution in [-0.4, -0.2) is 10.9 Å². The van der Waals surface area contributed by atoms with E-state index < -0.39 is 0 Å². The maximum absolute atomic E-state index is 12.0. The van der Waals surface area contributed by atoms with Gasteiger partial charge in [0.2, 0.25) is 5.91 Å². The van der Waals surface area contributed by atoms with E-state index in [9.17, 15) is 4.79 Å². The highest BCUT2D eigenvalue weighted by atomic mass is 16.3. The topological polar surface area (TPSA) is 55.1 Å². The molecule has 24 heavy (non-hydrogen) atoms. The molecule has 4 heteroatoms. The van der Waals surface area contributed by atoms with Crippen molar-refractivity contribution in [1.29, 1.82) is 0 Å². The van der Waals surface area contributed by atoms with Crippen molar-refractivity contribution in [3.63, 3.8) is 0 Å². The van der Waals surface area contributed by atoms with E-state index in [4.69, 9.17) is 4.42 Å². The highest BCUT2D eigenvalue weighted by Crippen LogP contribution is 2.14. The lowest BCUT2D eigenvalue weighted by Gasteiger charge is -2.05. The molecule has 3 rings (SSSR count). The average Bonchev–Trinajstić information content (AvgIpc) is 3.13. The second-order valence-electron chi connectivity index (χ2n) is 5.34. The molecule has 2 heterocycles. The molecule has 0 atom stereocenters. The van der Waals surface area contributed by atoms with Gasteiger partial charge in [-0.1, -0.05) is 24.3 Å². The molecule has 0 unspecified atom stereocenters. The number of furan rings is 1. The molecule has 1 N–H and O–H groups in total. The number of carbonyl (C=O) groups excluding carboxylic acids is 1. The van der Waals surface area contributed by atoms with Gasteiger partial charge < -0.3 is 9.73 Å². The molecule has 0 saturated heterocycles. The third-order valence-corrected chi connectivity index (χ3v) is 3.48. The van der Waals surface area contributed by atoms with Gasteiger partial charge in [-0.05, 0) is 48.0 Å². The molecule has 0 spiro atoms. The normalized spacial score (nSPS) is 10.8. The lowest BCUT2D eigenvalue weighted by molar-refractivity contribution is -0.116. The maximum Gasteiger partial charge on any atom is 0.224 e. The van der Waals surface area contributed by atoms with Crippen LogP contribution in [0.3, 0.4) is 0 Å². The largest absolute Gasteiger partial charge is 0.469 e. The number of anilines is 1. The van der Waals surface area contributed by atoms with Crippen molar-refractivity contribution in [3.05, 3.63) is 84.1 Å². The van der Waals surface area contributed by atoms with Crippen LogP contribution in [0, 0.1) is 0 Å². The molecule has 4 nitrogen and oxygen atoms in total.